The standard InChI is InChI=1S/C16H33NO3S/c1-5-12-17-15(7-6-13-21(4,18)19)16(20-3)10-8-14(2)9-11-16/h14-15,17H,5-13H2,1-4H3. The molecule has 0 radical (unpaired) electrons. The fourth-order valence-corrected chi connectivity index (χ4v) is 4.06. The van der Waals surface area contributed by atoms with E-state index in [2.05, 4.69) is 19.2 Å². The van der Waals surface area contributed by atoms with Gasteiger partial charge in [0.1, 0.15) is 9.84 Å². The highest BCUT2D eigenvalue weighted by Crippen LogP contribution is 2.38. The molecule has 0 heterocycles. The fourth-order valence-electron chi connectivity index (χ4n) is 3.36. The largest absolute Gasteiger partial charge is 0.377 e. The second kappa shape index (κ2) is 8.49. The summed E-state index contributed by atoms with van der Waals surface area (Å²) in [5.41, 5.74) is -0.112. The Labute approximate surface area is 130 Å². The van der Waals surface area contributed by atoms with Crippen molar-refractivity contribution in [3.05, 3.63) is 0 Å². The lowest BCUT2D eigenvalue weighted by atomic mass is 9.74. The molecule has 1 fully saturated rings. The molecule has 126 valence electrons. The van der Waals surface area contributed by atoms with E-state index in [0.29, 0.717) is 6.42 Å². The molecule has 0 amide bonds. The van der Waals surface area contributed by atoms with Crippen LogP contribution in [0.1, 0.15) is 58.8 Å². The van der Waals surface area contributed by atoms with E-state index in [1.54, 1.807) is 0 Å². The van der Waals surface area contributed by atoms with Gasteiger partial charge < -0.3 is 10.1 Å². The van der Waals surface area contributed by atoms with Gasteiger partial charge in [0, 0.05) is 25.2 Å². The maximum Gasteiger partial charge on any atom is 0.147 e. The van der Waals surface area contributed by atoms with Gasteiger partial charge in [0.2, 0.25) is 0 Å². The van der Waals surface area contributed by atoms with Gasteiger partial charge in [-0.3, -0.25) is 0 Å². The van der Waals surface area contributed by atoms with Crippen LogP contribution in [0, 0.1) is 5.92 Å². The molecule has 5 heteroatoms. The molecule has 0 aromatic rings. The molecular formula is C16H33NO3S. The third-order valence-electron chi connectivity index (χ3n) is 4.81. The molecule has 21 heavy (non-hydrogen) atoms. The van der Waals surface area contributed by atoms with Crippen LogP contribution in [0.15, 0.2) is 0 Å². The minimum absolute atomic E-state index is 0.112. The Morgan fingerprint density at radius 1 is 1.33 bits per heavy atom. The molecule has 1 unspecified atom stereocenters. The van der Waals surface area contributed by atoms with Crippen LogP contribution in [0.3, 0.4) is 0 Å². The highest BCUT2D eigenvalue weighted by Gasteiger charge is 2.40. The number of rotatable bonds is 9. The number of hydrogen-bond acceptors (Lipinski definition) is 4. The summed E-state index contributed by atoms with van der Waals surface area (Å²) in [6.45, 7) is 5.42. The van der Waals surface area contributed by atoms with Crippen molar-refractivity contribution in [2.75, 3.05) is 25.7 Å². The number of methoxy groups -OCH3 is 1. The van der Waals surface area contributed by atoms with Gasteiger partial charge in [-0.25, -0.2) is 8.42 Å². The molecular weight excluding hydrogens is 286 g/mol. The van der Waals surface area contributed by atoms with Gasteiger partial charge in [-0.05, 0) is 57.4 Å². The van der Waals surface area contributed by atoms with Crippen LogP contribution in [-0.4, -0.2) is 45.7 Å². The summed E-state index contributed by atoms with van der Waals surface area (Å²) in [5, 5.41) is 3.61. The summed E-state index contributed by atoms with van der Waals surface area (Å²) in [6, 6.07) is 0.261. The highest BCUT2D eigenvalue weighted by molar-refractivity contribution is 7.90. The van der Waals surface area contributed by atoms with Crippen molar-refractivity contribution in [1.82, 2.24) is 5.32 Å². The van der Waals surface area contributed by atoms with Crippen LogP contribution in [0.5, 0.6) is 0 Å². The molecule has 1 N–H and O–H groups in total. The lowest BCUT2D eigenvalue weighted by Gasteiger charge is -2.44. The maximum atomic E-state index is 11.3. The molecule has 1 aliphatic carbocycles. The average Bonchev–Trinajstić information content (AvgIpc) is 2.43. The lowest BCUT2D eigenvalue weighted by Crippen LogP contribution is -2.54. The molecule has 0 spiro atoms. The summed E-state index contributed by atoms with van der Waals surface area (Å²) in [6.07, 6.45) is 8.52. The first-order valence-electron chi connectivity index (χ1n) is 8.29. The highest BCUT2D eigenvalue weighted by atomic mass is 32.2. The summed E-state index contributed by atoms with van der Waals surface area (Å²) in [7, 11) is -1.06. The topological polar surface area (TPSA) is 55.4 Å². The Hall–Kier alpha value is -0.130. The van der Waals surface area contributed by atoms with Gasteiger partial charge in [-0.1, -0.05) is 13.8 Å². The van der Waals surface area contributed by atoms with E-state index < -0.39 is 9.84 Å². The van der Waals surface area contributed by atoms with Gasteiger partial charge in [0.25, 0.3) is 0 Å². The first-order valence-corrected chi connectivity index (χ1v) is 10.4. The number of hydrogen-bond donors (Lipinski definition) is 1. The van der Waals surface area contributed by atoms with E-state index in [4.69, 9.17) is 4.74 Å². The van der Waals surface area contributed by atoms with Crippen LogP contribution >= 0.6 is 0 Å². The second-order valence-corrected chi connectivity index (χ2v) is 8.99. The van der Waals surface area contributed by atoms with Crippen LogP contribution in [-0.2, 0) is 14.6 Å². The molecule has 1 saturated carbocycles. The molecule has 0 aromatic carbocycles. The van der Waals surface area contributed by atoms with Crippen molar-refractivity contribution in [2.24, 2.45) is 5.92 Å². The van der Waals surface area contributed by atoms with Crippen LogP contribution in [0.2, 0.25) is 0 Å². The van der Waals surface area contributed by atoms with Crippen molar-refractivity contribution < 1.29 is 13.2 Å². The summed E-state index contributed by atoms with van der Waals surface area (Å²) < 4.78 is 28.6. The van der Waals surface area contributed by atoms with Crippen LogP contribution in [0.4, 0.5) is 0 Å². The molecule has 0 bridgehead atoms. The maximum absolute atomic E-state index is 11.3. The van der Waals surface area contributed by atoms with Gasteiger partial charge in [-0.2, -0.15) is 0 Å². The number of ether oxygens (including phenoxy) is 1. The zero-order valence-electron chi connectivity index (χ0n) is 14.2. The molecule has 1 rings (SSSR count). The minimum atomic E-state index is -2.87. The third kappa shape index (κ3) is 6.25. The van der Waals surface area contributed by atoms with Crippen molar-refractivity contribution >= 4 is 9.84 Å². The predicted molar refractivity (Wildman–Crippen MR) is 88.4 cm³/mol. The molecule has 0 aromatic heterocycles. The Bertz CT molecular complexity index is 386. The summed E-state index contributed by atoms with van der Waals surface area (Å²) >= 11 is 0. The third-order valence-corrected chi connectivity index (χ3v) is 5.84. The normalized spacial score (nSPS) is 28.5. The van der Waals surface area contributed by atoms with E-state index in [-0.39, 0.29) is 17.4 Å². The molecule has 4 nitrogen and oxygen atoms in total. The fraction of sp³-hybridized carbons (Fsp3) is 1.00. The van der Waals surface area contributed by atoms with Gasteiger partial charge >= 0.3 is 0 Å². The average molecular weight is 320 g/mol. The van der Waals surface area contributed by atoms with E-state index in [1.165, 1.54) is 19.1 Å². The van der Waals surface area contributed by atoms with E-state index >= 15 is 0 Å². The Morgan fingerprint density at radius 3 is 2.43 bits per heavy atom. The van der Waals surface area contributed by atoms with E-state index in [9.17, 15) is 8.42 Å². The number of sulfone groups is 1. The van der Waals surface area contributed by atoms with Gasteiger partial charge in [0.15, 0.2) is 0 Å². The van der Waals surface area contributed by atoms with Crippen LogP contribution < -0.4 is 5.32 Å². The minimum Gasteiger partial charge on any atom is -0.377 e. The van der Waals surface area contributed by atoms with Gasteiger partial charge in [-0.15, -0.1) is 0 Å². The Kier molecular flexibility index (Phi) is 7.65. The summed E-state index contributed by atoms with van der Waals surface area (Å²) in [5.74, 6) is 1.05. The molecule has 1 atom stereocenters. The second-order valence-electron chi connectivity index (χ2n) is 6.73. The zero-order valence-corrected chi connectivity index (χ0v) is 15.0. The first kappa shape index (κ1) is 18.9. The van der Waals surface area contributed by atoms with Crippen molar-refractivity contribution in [2.45, 2.75) is 70.4 Å². The van der Waals surface area contributed by atoms with Gasteiger partial charge in [0.05, 0.1) is 5.60 Å². The monoisotopic (exact) mass is 319 g/mol. The quantitative estimate of drug-likeness (QED) is 0.710. The Morgan fingerprint density at radius 2 is 1.95 bits per heavy atom. The SMILES string of the molecule is CCCNC(CCCS(C)(=O)=O)C1(OC)CCC(C)CC1. The molecule has 1 aliphatic rings. The van der Waals surface area contributed by atoms with Crippen LogP contribution in [0.25, 0.3) is 0 Å². The summed E-state index contributed by atoms with van der Waals surface area (Å²) in [4.78, 5) is 0. The zero-order chi connectivity index (χ0) is 15.9. The molecule has 0 saturated heterocycles. The molecule has 0 aliphatic heterocycles. The van der Waals surface area contributed by atoms with Crippen molar-refractivity contribution in [1.29, 1.82) is 0 Å². The lowest BCUT2D eigenvalue weighted by molar-refractivity contribution is -0.0764. The Balaban J connectivity index is 2.69. The van der Waals surface area contributed by atoms with Crippen molar-refractivity contribution in [3.8, 4) is 0 Å². The van der Waals surface area contributed by atoms with Crippen molar-refractivity contribution in [3.63, 3.8) is 0 Å². The number of nitrogens with one attached hydrogen (secondary N) is 1. The first-order chi connectivity index (χ1) is 9.83. The smallest absolute Gasteiger partial charge is 0.147 e. The van der Waals surface area contributed by atoms with E-state index in [0.717, 1.165) is 38.1 Å². The predicted octanol–water partition coefficient (Wildman–Crippen LogP) is 2.77. The van der Waals surface area contributed by atoms with E-state index in [1.807, 2.05) is 7.11 Å².